The molecule has 1 saturated carbocycles. The second-order valence-electron chi connectivity index (χ2n) is 12.0. The van der Waals surface area contributed by atoms with E-state index in [0.717, 1.165) is 54.5 Å². The van der Waals surface area contributed by atoms with Crippen LogP contribution in [0.4, 0.5) is 8.78 Å². The first-order chi connectivity index (χ1) is 20.0. The number of piperidine rings is 1. The second kappa shape index (κ2) is 10.3. The third-order valence-electron chi connectivity index (χ3n) is 9.73. The lowest BCUT2D eigenvalue weighted by atomic mass is 9.67. The Morgan fingerprint density at radius 2 is 1.73 bits per heavy atom. The second-order valence-corrected chi connectivity index (χ2v) is 12.0. The van der Waals surface area contributed by atoms with Crippen molar-refractivity contribution in [1.82, 2.24) is 14.8 Å². The maximum absolute atomic E-state index is 15.5. The number of amides is 1. The van der Waals surface area contributed by atoms with E-state index < -0.39 is 6.04 Å². The van der Waals surface area contributed by atoms with Crippen LogP contribution in [0.1, 0.15) is 60.5 Å². The maximum atomic E-state index is 15.5. The molecule has 7 rings (SSSR count). The van der Waals surface area contributed by atoms with Crippen molar-refractivity contribution in [2.75, 3.05) is 26.7 Å². The number of nitrogens with zero attached hydrogens (tertiary/aromatic N) is 2. The lowest BCUT2D eigenvalue weighted by Gasteiger charge is -2.51. The predicted octanol–water partition coefficient (Wildman–Crippen LogP) is 6.72. The number of nitrogens with one attached hydrogen (secondary N) is 1. The van der Waals surface area contributed by atoms with Crippen molar-refractivity contribution in [2.24, 2.45) is 5.92 Å². The van der Waals surface area contributed by atoms with Gasteiger partial charge in [-0.05, 0) is 55.5 Å². The van der Waals surface area contributed by atoms with Gasteiger partial charge in [-0.25, -0.2) is 8.78 Å². The Morgan fingerprint density at radius 1 is 1.00 bits per heavy atom. The number of H-pyrrole nitrogens is 1. The summed E-state index contributed by atoms with van der Waals surface area (Å²) in [5.41, 5.74) is 3.96. The number of carbonyl (C=O) groups is 1. The van der Waals surface area contributed by atoms with Crippen LogP contribution in [0.5, 0.6) is 5.75 Å². The summed E-state index contributed by atoms with van der Waals surface area (Å²) in [5.74, 6) is 0.668. The van der Waals surface area contributed by atoms with Gasteiger partial charge in [-0.1, -0.05) is 42.8 Å². The highest BCUT2D eigenvalue weighted by atomic mass is 19.1. The van der Waals surface area contributed by atoms with Crippen LogP contribution in [-0.4, -0.2) is 47.4 Å². The van der Waals surface area contributed by atoms with Gasteiger partial charge >= 0.3 is 0 Å². The van der Waals surface area contributed by atoms with Crippen LogP contribution in [0.3, 0.4) is 0 Å². The van der Waals surface area contributed by atoms with Crippen molar-refractivity contribution < 1.29 is 18.3 Å². The van der Waals surface area contributed by atoms with Crippen molar-refractivity contribution in [1.29, 1.82) is 0 Å². The summed E-state index contributed by atoms with van der Waals surface area (Å²) in [5, 5.41) is 1.10. The van der Waals surface area contributed by atoms with Crippen molar-refractivity contribution >= 4 is 16.8 Å². The minimum atomic E-state index is -0.426. The Labute approximate surface area is 239 Å². The van der Waals surface area contributed by atoms with E-state index in [9.17, 15) is 4.79 Å². The van der Waals surface area contributed by atoms with E-state index >= 15 is 8.78 Å². The molecule has 2 aliphatic heterocycles. The normalized spacial score (nSPS) is 20.7. The molecular formula is C34H35F2N3O2. The van der Waals surface area contributed by atoms with E-state index in [1.807, 2.05) is 36.4 Å². The van der Waals surface area contributed by atoms with E-state index in [4.69, 9.17) is 4.74 Å². The molecule has 1 spiro atoms. The van der Waals surface area contributed by atoms with Gasteiger partial charge in [0.15, 0.2) is 0 Å². The zero-order valence-corrected chi connectivity index (χ0v) is 23.3. The Hall–Kier alpha value is -3.71. The lowest BCUT2D eigenvalue weighted by Crippen LogP contribution is -2.55. The number of carbonyl (C=O) groups excluding carboxylic acids is 1. The standard InChI is InChI=1S/C34H35F2N3O2/c1-41-24-13-14-26-29(19-24)37-31-30(26)34(15-17-38(18-16-34)33(40)22-8-6-9-22)21-39(20-23-7-2-4-11-27(23)35)32(31)25-10-3-5-12-28(25)36/h2-5,7,10-14,19,22,32,37H,6,8-9,15-18,20-21H2,1H3. The fourth-order valence-electron chi connectivity index (χ4n) is 7.36. The smallest absolute Gasteiger partial charge is 0.225 e. The highest BCUT2D eigenvalue weighted by Crippen LogP contribution is 2.51. The average Bonchev–Trinajstić information content (AvgIpc) is 3.34. The first-order valence-electron chi connectivity index (χ1n) is 14.7. The van der Waals surface area contributed by atoms with Gasteiger partial charge in [-0.2, -0.15) is 0 Å². The van der Waals surface area contributed by atoms with Gasteiger partial charge in [-0.3, -0.25) is 9.69 Å². The molecule has 1 aromatic heterocycles. The number of hydrogen-bond donors (Lipinski definition) is 1. The van der Waals surface area contributed by atoms with Crippen LogP contribution in [0.2, 0.25) is 0 Å². The number of rotatable bonds is 5. The molecule has 4 aromatic rings. The molecule has 1 saturated heterocycles. The van der Waals surface area contributed by atoms with Gasteiger partial charge in [0, 0.05) is 71.3 Å². The molecule has 41 heavy (non-hydrogen) atoms. The van der Waals surface area contributed by atoms with E-state index in [0.29, 0.717) is 43.2 Å². The Bertz CT molecular complexity index is 1600. The van der Waals surface area contributed by atoms with Gasteiger partial charge in [0.25, 0.3) is 0 Å². The number of halogens is 2. The van der Waals surface area contributed by atoms with Gasteiger partial charge in [-0.15, -0.1) is 0 Å². The molecule has 3 aliphatic rings. The summed E-state index contributed by atoms with van der Waals surface area (Å²) in [6.45, 7) is 2.36. The zero-order chi connectivity index (χ0) is 28.1. The average molecular weight is 556 g/mol. The van der Waals surface area contributed by atoms with E-state index in [-0.39, 0.29) is 23.0 Å². The van der Waals surface area contributed by atoms with Gasteiger partial charge < -0.3 is 14.6 Å². The number of hydrogen-bond acceptors (Lipinski definition) is 3. The van der Waals surface area contributed by atoms with Crippen LogP contribution >= 0.6 is 0 Å². The summed E-state index contributed by atoms with van der Waals surface area (Å²) >= 11 is 0. The van der Waals surface area contributed by atoms with E-state index in [1.165, 1.54) is 17.7 Å². The minimum absolute atomic E-state index is 0.175. The van der Waals surface area contributed by atoms with Crippen LogP contribution in [-0.2, 0) is 16.8 Å². The van der Waals surface area contributed by atoms with Gasteiger partial charge in [0.2, 0.25) is 5.91 Å². The van der Waals surface area contributed by atoms with Crippen LogP contribution in [0.15, 0.2) is 66.7 Å². The lowest BCUT2D eigenvalue weighted by molar-refractivity contribution is -0.140. The predicted molar refractivity (Wildman–Crippen MR) is 155 cm³/mol. The van der Waals surface area contributed by atoms with E-state index in [2.05, 4.69) is 20.9 Å². The molecule has 3 heterocycles. The number of benzene rings is 3. The molecule has 1 unspecified atom stereocenters. The van der Waals surface area contributed by atoms with Crippen molar-refractivity contribution in [3.63, 3.8) is 0 Å². The molecule has 3 aromatic carbocycles. The minimum Gasteiger partial charge on any atom is -0.497 e. The summed E-state index contributed by atoms with van der Waals surface area (Å²) in [7, 11) is 1.65. The molecule has 1 amide bonds. The number of fused-ring (bicyclic) bond motifs is 4. The Kier molecular flexibility index (Phi) is 6.57. The molecule has 1 aliphatic carbocycles. The number of likely N-dealkylation sites (tertiary alicyclic amines) is 1. The third-order valence-corrected chi connectivity index (χ3v) is 9.73. The SMILES string of the molecule is COc1ccc2c3c([nH]c2c1)C(c1ccccc1F)N(Cc1ccccc1F)CC31CCN(C(=O)C2CCC2)CC1. The quantitative estimate of drug-likeness (QED) is 0.297. The number of aromatic amines is 1. The number of ether oxygens (including phenoxy) is 1. The Morgan fingerprint density at radius 3 is 2.41 bits per heavy atom. The van der Waals surface area contributed by atoms with Crippen molar-refractivity contribution in [2.45, 2.75) is 50.1 Å². The number of aromatic nitrogens is 1. The van der Waals surface area contributed by atoms with Crippen molar-refractivity contribution in [3.8, 4) is 5.75 Å². The third kappa shape index (κ3) is 4.42. The maximum Gasteiger partial charge on any atom is 0.225 e. The van der Waals surface area contributed by atoms with Crippen LogP contribution < -0.4 is 4.74 Å². The molecular weight excluding hydrogens is 520 g/mol. The highest BCUT2D eigenvalue weighted by Gasteiger charge is 2.49. The molecule has 1 atom stereocenters. The van der Waals surface area contributed by atoms with Crippen LogP contribution in [0.25, 0.3) is 10.9 Å². The van der Waals surface area contributed by atoms with Gasteiger partial charge in [0.1, 0.15) is 17.4 Å². The first-order valence-corrected chi connectivity index (χ1v) is 14.7. The molecule has 2 fully saturated rings. The summed E-state index contributed by atoms with van der Waals surface area (Å²) in [4.78, 5) is 21.1. The van der Waals surface area contributed by atoms with E-state index in [1.54, 1.807) is 19.2 Å². The molecule has 1 N–H and O–H groups in total. The molecule has 0 bridgehead atoms. The number of methoxy groups -OCH3 is 1. The summed E-state index contributed by atoms with van der Waals surface area (Å²) < 4.78 is 36.1. The Balaban J connectivity index is 1.37. The molecule has 5 nitrogen and oxygen atoms in total. The summed E-state index contributed by atoms with van der Waals surface area (Å²) in [6, 6.07) is 19.4. The largest absolute Gasteiger partial charge is 0.497 e. The zero-order valence-electron chi connectivity index (χ0n) is 23.3. The van der Waals surface area contributed by atoms with Crippen LogP contribution in [0, 0.1) is 17.6 Å². The topological polar surface area (TPSA) is 48.6 Å². The first kappa shape index (κ1) is 26.2. The summed E-state index contributed by atoms with van der Waals surface area (Å²) in [6.07, 6.45) is 4.73. The van der Waals surface area contributed by atoms with Crippen molar-refractivity contribution in [3.05, 3.63) is 101 Å². The van der Waals surface area contributed by atoms with Gasteiger partial charge in [0.05, 0.1) is 13.2 Å². The molecule has 0 radical (unpaired) electrons. The monoisotopic (exact) mass is 555 g/mol. The highest BCUT2D eigenvalue weighted by molar-refractivity contribution is 5.88. The molecule has 7 heteroatoms. The fraction of sp³-hybridized carbons (Fsp3) is 0.382. The fourth-order valence-corrected chi connectivity index (χ4v) is 7.36. The molecule has 212 valence electrons.